The van der Waals surface area contributed by atoms with Gasteiger partial charge in [-0.25, -0.2) is 0 Å². The van der Waals surface area contributed by atoms with Crippen molar-refractivity contribution in [3.63, 3.8) is 0 Å². The zero-order chi connectivity index (χ0) is 23.4. The van der Waals surface area contributed by atoms with E-state index in [1.807, 2.05) is 18.2 Å². The summed E-state index contributed by atoms with van der Waals surface area (Å²) in [6.07, 6.45) is 0.146. The van der Waals surface area contributed by atoms with Crippen LogP contribution >= 0.6 is 23.2 Å². The highest BCUT2D eigenvalue weighted by atomic mass is 35.5. The molecule has 7 nitrogen and oxygen atoms in total. The number of hydrogen-bond donors (Lipinski definition) is 1. The first-order valence-electron chi connectivity index (χ1n) is 9.87. The first kappa shape index (κ1) is 22.6. The highest BCUT2D eigenvalue weighted by molar-refractivity contribution is 6.42. The van der Waals surface area contributed by atoms with E-state index in [-0.39, 0.29) is 24.1 Å². The second kappa shape index (κ2) is 9.94. The number of hydrogen-bond acceptors (Lipinski definition) is 6. The monoisotopic (exact) mass is 483 g/mol. The lowest BCUT2D eigenvalue weighted by atomic mass is 10.1. The number of amides is 1. The summed E-state index contributed by atoms with van der Waals surface area (Å²) in [6.45, 7) is 0. The highest BCUT2D eigenvalue weighted by Gasteiger charge is 2.16. The van der Waals surface area contributed by atoms with Crippen LogP contribution in [0.2, 0.25) is 10.0 Å². The predicted molar refractivity (Wildman–Crippen MR) is 127 cm³/mol. The van der Waals surface area contributed by atoms with Crippen molar-refractivity contribution in [1.82, 2.24) is 10.2 Å². The van der Waals surface area contributed by atoms with Gasteiger partial charge in [0.25, 0.3) is 0 Å². The van der Waals surface area contributed by atoms with Crippen LogP contribution in [0.25, 0.3) is 22.9 Å². The van der Waals surface area contributed by atoms with Gasteiger partial charge in [-0.15, -0.1) is 10.2 Å². The fraction of sp³-hybridized carbons (Fsp3) is 0.125. The fourth-order valence-corrected chi connectivity index (χ4v) is 3.52. The minimum atomic E-state index is -0.209. The van der Waals surface area contributed by atoms with Crippen LogP contribution in [0.15, 0.2) is 65.1 Å². The number of benzene rings is 3. The zero-order valence-corrected chi connectivity index (χ0v) is 19.3. The van der Waals surface area contributed by atoms with Crippen molar-refractivity contribution < 1.29 is 18.7 Å². The van der Waals surface area contributed by atoms with Crippen LogP contribution in [0.4, 0.5) is 5.69 Å². The molecule has 0 bridgehead atoms. The second-order valence-corrected chi connectivity index (χ2v) is 7.82. The number of aromatic nitrogens is 2. The van der Waals surface area contributed by atoms with Gasteiger partial charge in [-0.3, -0.25) is 4.79 Å². The van der Waals surface area contributed by atoms with Gasteiger partial charge in [0.05, 0.1) is 41.9 Å². The van der Waals surface area contributed by atoms with Crippen molar-refractivity contribution >= 4 is 34.8 Å². The Hall–Kier alpha value is -3.55. The van der Waals surface area contributed by atoms with E-state index >= 15 is 0 Å². The van der Waals surface area contributed by atoms with Gasteiger partial charge >= 0.3 is 0 Å². The number of ether oxygens (including phenoxy) is 2. The molecular weight excluding hydrogens is 465 g/mol. The minimum absolute atomic E-state index is 0.146. The summed E-state index contributed by atoms with van der Waals surface area (Å²) >= 11 is 12.1. The van der Waals surface area contributed by atoms with Gasteiger partial charge < -0.3 is 19.2 Å². The lowest BCUT2D eigenvalue weighted by molar-refractivity contribution is -0.115. The molecule has 0 saturated carbocycles. The first-order chi connectivity index (χ1) is 16.0. The molecule has 1 amide bonds. The number of rotatable bonds is 7. The Kier molecular flexibility index (Phi) is 6.82. The molecular formula is C24H19Cl2N3O4. The van der Waals surface area contributed by atoms with E-state index in [1.54, 1.807) is 56.7 Å². The maximum atomic E-state index is 12.7. The summed E-state index contributed by atoms with van der Waals surface area (Å²) in [4.78, 5) is 12.7. The molecule has 0 aliphatic rings. The molecule has 0 fully saturated rings. The van der Waals surface area contributed by atoms with E-state index in [0.717, 1.165) is 5.56 Å². The Balaban J connectivity index is 1.54. The summed E-state index contributed by atoms with van der Waals surface area (Å²) in [5.74, 6) is 1.50. The Morgan fingerprint density at radius 3 is 2.42 bits per heavy atom. The number of nitrogens with one attached hydrogen (secondary N) is 1. The Bertz CT molecular complexity index is 1310. The van der Waals surface area contributed by atoms with Gasteiger partial charge in [-0.05, 0) is 48.0 Å². The molecule has 4 aromatic rings. The smallest absolute Gasteiger partial charge is 0.250 e. The third-order valence-electron chi connectivity index (χ3n) is 4.84. The van der Waals surface area contributed by atoms with Crippen LogP contribution in [-0.2, 0) is 11.2 Å². The lowest BCUT2D eigenvalue weighted by Crippen LogP contribution is -2.15. The second-order valence-electron chi connectivity index (χ2n) is 7.00. The van der Waals surface area contributed by atoms with E-state index in [0.29, 0.717) is 38.4 Å². The van der Waals surface area contributed by atoms with Gasteiger partial charge in [0, 0.05) is 5.56 Å². The lowest BCUT2D eigenvalue weighted by Gasteiger charge is -2.11. The molecule has 0 atom stereocenters. The van der Waals surface area contributed by atoms with Gasteiger partial charge in [-0.2, -0.15) is 0 Å². The summed E-state index contributed by atoms with van der Waals surface area (Å²) in [7, 11) is 3.11. The molecule has 168 valence electrons. The normalized spacial score (nSPS) is 10.7. The molecule has 0 saturated heterocycles. The number of para-hydroxylation sites is 1. The van der Waals surface area contributed by atoms with Gasteiger partial charge in [0.1, 0.15) is 0 Å². The van der Waals surface area contributed by atoms with Crippen molar-refractivity contribution in [2.45, 2.75) is 6.42 Å². The van der Waals surface area contributed by atoms with Crippen molar-refractivity contribution in [2.24, 2.45) is 0 Å². The summed E-state index contributed by atoms with van der Waals surface area (Å²) in [5, 5.41) is 12.0. The van der Waals surface area contributed by atoms with Crippen molar-refractivity contribution in [1.29, 1.82) is 0 Å². The average Bonchev–Trinajstić information content (AvgIpc) is 3.31. The summed E-state index contributed by atoms with van der Waals surface area (Å²) < 4.78 is 16.4. The predicted octanol–water partition coefficient (Wildman–Crippen LogP) is 5.91. The zero-order valence-electron chi connectivity index (χ0n) is 17.8. The van der Waals surface area contributed by atoms with Crippen LogP contribution in [0.1, 0.15) is 5.56 Å². The molecule has 33 heavy (non-hydrogen) atoms. The Morgan fingerprint density at radius 1 is 0.909 bits per heavy atom. The van der Waals surface area contributed by atoms with Crippen molar-refractivity contribution in [2.75, 3.05) is 19.5 Å². The Labute approximate surface area is 200 Å². The molecule has 0 radical (unpaired) electrons. The molecule has 4 rings (SSSR count). The van der Waals surface area contributed by atoms with Crippen LogP contribution in [0.3, 0.4) is 0 Å². The Morgan fingerprint density at radius 2 is 1.67 bits per heavy atom. The first-order valence-corrected chi connectivity index (χ1v) is 10.6. The molecule has 1 heterocycles. The number of anilines is 1. The SMILES string of the molecule is COc1ccc(CC(=O)Nc2ccccc2-c2nnc(-c3ccc(Cl)c(Cl)c3)o2)cc1OC. The maximum absolute atomic E-state index is 12.7. The topological polar surface area (TPSA) is 86.5 Å². The largest absolute Gasteiger partial charge is 0.493 e. The number of nitrogens with zero attached hydrogens (tertiary/aromatic N) is 2. The van der Waals surface area contributed by atoms with Gasteiger partial charge in [0.15, 0.2) is 11.5 Å². The van der Waals surface area contributed by atoms with Crippen LogP contribution < -0.4 is 14.8 Å². The fourth-order valence-electron chi connectivity index (χ4n) is 3.23. The van der Waals surface area contributed by atoms with E-state index in [2.05, 4.69) is 15.5 Å². The molecule has 1 N–H and O–H groups in total. The van der Waals surface area contributed by atoms with E-state index in [1.165, 1.54) is 0 Å². The summed E-state index contributed by atoms with van der Waals surface area (Å²) in [5.41, 5.74) is 2.56. The van der Waals surface area contributed by atoms with Crippen molar-refractivity contribution in [3.8, 4) is 34.4 Å². The van der Waals surface area contributed by atoms with E-state index in [4.69, 9.17) is 37.1 Å². The third kappa shape index (κ3) is 5.10. The van der Waals surface area contributed by atoms with Crippen LogP contribution in [0.5, 0.6) is 11.5 Å². The number of carbonyl (C=O) groups is 1. The molecule has 0 aliphatic carbocycles. The van der Waals surface area contributed by atoms with Crippen LogP contribution in [0, 0.1) is 0 Å². The number of carbonyl (C=O) groups excluding carboxylic acids is 1. The highest BCUT2D eigenvalue weighted by Crippen LogP contribution is 2.32. The summed E-state index contributed by atoms with van der Waals surface area (Å²) in [6, 6.07) is 17.6. The van der Waals surface area contributed by atoms with E-state index < -0.39 is 0 Å². The molecule has 3 aromatic carbocycles. The third-order valence-corrected chi connectivity index (χ3v) is 5.57. The quantitative estimate of drug-likeness (QED) is 0.351. The van der Waals surface area contributed by atoms with E-state index in [9.17, 15) is 4.79 Å². The minimum Gasteiger partial charge on any atom is -0.493 e. The number of halogens is 2. The van der Waals surface area contributed by atoms with Gasteiger partial charge in [-0.1, -0.05) is 41.4 Å². The molecule has 1 aromatic heterocycles. The molecule has 0 aliphatic heterocycles. The van der Waals surface area contributed by atoms with Crippen LogP contribution in [-0.4, -0.2) is 30.3 Å². The molecule has 9 heteroatoms. The van der Waals surface area contributed by atoms with Crippen molar-refractivity contribution in [3.05, 3.63) is 76.3 Å². The molecule has 0 spiro atoms. The standard InChI is InChI=1S/C24H19Cl2N3O4/c1-31-20-10-7-14(11-21(20)32-2)12-22(30)27-19-6-4-3-5-16(19)24-29-28-23(33-24)15-8-9-17(25)18(26)13-15/h3-11,13H,12H2,1-2H3,(H,27,30). The average molecular weight is 484 g/mol. The number of methoxy groups -OCH3 is 2. The maximum Gasteiger partial charge on any atom is 0.250 e. The van der Waals surface area contributed by atoms with Gasteiger partial charge in [0.2, 0.25) is 17.7 Å². The molecule has 0 unspecified atom stereocenters.